The standard InChI is InChI=1S/C34H32ClN5O3S2/c1-19-30-28(37-36-19)18-44-16-21-14-22(40(3)38-21)17-45-23-13-20-7-4-5-8-24(20)29(15-23)43-12-6-9-25-26-10-11-27(35)31(30)32(26)39(2)33(25)34(41)42/h4-5,7-8,10-11,13-15H,6,9,12,16-18H2,1-3H3,(H,36,37)(H,41,42). The molecule has 0 amide bonds. The zero-order valence-corrected chi connectivity index (χ0v) is 27.6. The fourth-order valence-electron chi connectivity index (χ4n) is 6.35. The van der Waals surface area contributed by atoms with Crippen LogP contribution in [0, 0.1) is 6.92 Å². The number of ether oxygens (including phenoxy) is 1. The lowest BCUT2D eigenvalue weighted by molar-refractivity contribution is 0.0685. The Bertz CT molecular complexity index is 2100. The van der Waals surface area contributed by atoms with Gasteiger partial charge in [-0.25, -0.2) is 4.79 Å². The van der Waals surface area contributed by atoms with Crippen molar-refractivity contribution in [3.05, 3.63) is 93.7 Å². The molecule has 6 aromatic rings. The van der Waals surface area contributed by atoms with Crippen LogP contribution in [0.3, 0.4) is 0 Å². The Morgan fingerprint density at radius 1 is 1.04 bits per heavy atom. The number of benzene rings is 3. The molecule has 8 bridgehead atoms. The van der Waals surface area contributed by atoms with Gasteiger partial charge >= 0.3 is 5.97 Å². The van der Waals surface area contributed by atoms with E-state index in [2.05, 4.69) is 40.5 Å². The summed E-state index contributed by atoms with van der Waals surface area (Å²) in [5.41, 5.74) is 7.49. The molecule has 1 aliphatic heterocycles. The molecule has 8 nitrogen and oxygen atoms in total. The molecule has 11 heteroatoms. The maximum absolute atomic E-state index is 12.7. The van der Waals surface area contributed by atoms with Gasteiger partial charge in [0.1, 0.15) is 11.4 Å². The van der Waals surface area contributed by atoms with E-state index in [1.54, 1.807) is 28.1 Å². The van der Waals surface area contributed by atoms with Gasteiger partial charge < -0.3 is 14.4 Å². The van der Waals surface area contributed by atoms with Crippen molar-refractivity contribution in [3.63, 3.8) is 0 Å². The number of aromatic amines is 1. The molecule has 3 aromatic carbocycles. The van der Waals surface area contributed by atoms with Gasteiger partial charge in [0, 0.05) is 69.5 Å². The number of fused-ring (bicyclic) bond motifs is 8. The number of nitrogens with zero attached hydrogens (tertiary/aromatic N) is 4. The van der Waals surface area contributed by atoms with E-state index in [1.165, 1.54) is 0 Å². The molecule has 45 heavy (non-hydrogen) atoms. The zero-order chi connectivity index (χ0) is 31.2. The molecule has 230 valence electrons. The van der Waals surface area contributed by atoms with Crippen LogP contribution in [0.15, 0.2) is 59.5 Å². The third-order valence-electron chi connectivity index (χ3n) is 8.41. The fraction of sp³-hybridized carbons (Fsp3) is 0.265. The number of carboxylic acid groups (broad SMARTS) is 1. The molecule has 0 aliphatic carbocycles. The van der Waals surface area contributed by atoms with E-state index in [0.717, 1.165) is 83.3 Å². The van der Waals surface area contributed by atoms with Gasteiger partial charge in [0.2, 0.25) is 0 Å². The summed E-state index contributed by atoms with van der Waals surface area (Å²) >= 11 is 10.4. The first-order valence-corrected chi connectivity index (χ1v) is 17.3. The molecular formula is C34H32ClN5O3S2. The molecule has 0 radical (unpaired) electrons. The minimum absolute atomic E-state index is 0.266. The van der Waals surface area contributed by atoms with Gasteiger partial charge in [-0.2, -0.15) is 10.2 Å². The Labute approximate surface area is 274 Å². The molecule has 7 rings (SSSR count). The van der Waals surface area contributed by atoms with E-state index in [0.29, 0.717) is 30.2 Å². The number of rotatable bonds is 1. The van der Waals surface area contributed by atoms with Crippen LogP contribution in [-0.4, -0.2) is 42.2 Å². The first-order valence-electron chi connectivity index (χ1n) is 14.8. The van der Waals surface area contributed by atoms with Crippen molar-refractivity contribution in [3.8, 4) is 16.9 Å². The molecule has 0 unspecified atom stereocenters. The molecule has 0 spiro atoms. The Hall–Kier alpha value is -3.86. The number of hydrogen-bond acceptors (Lipinski definition) is 6. The van der Waals surface area contributed by atoms with Crippen LogP contribution in [0.1, 0.15) is 45.2 Å². The second kappa shape index (κ2) is 12.2. The first kappa shape index (κ1) is 29.8. The minimum atomic E-state index is -0.966. The third-order valence-corrected chi connectivity index (χ3v) is 10.7. The highest BCUT2D eigenvalue weighted by Gasteiger charge is 2.26. The summed E-state index contributed by atoms with van der Waals surface area (Å²) in [6.07, 6.45) is 1.19. The average Bonchev–Trinajstić information content (AvgIpc) is 3.66. The molecule has 4 heterocycles. The number of aryl methyl sites for hydroxylation is 4. The van der Waals surface area contributed by atoms with Gasteiger partial charge in [-0.05, 0) is 55.0 Å². The van der Waals surface area contributed by atoms with E-state index in [4.69, 9.17) is 21.4 Å². The molecule has 0 saturated heterocycles. The maximum atomic E-state index is 12.7. The highest BCUT2D eigenvalue weighted by molar-refractivity contribution is 7.98. The molecule has 0 saturated carbocycles. The Balaban J connectivity index is 1.35. The topological polar surface area (TPSA) is 98.0 Å². The van der Waals surface area contributed by atoms with Crippen molar-refractivity contribution in [2.24, 2.45) is 14.1 Å². The maximum Gasteiger partial charge on any atom is 0.352 e. The number of thioether (sulfide) groups is 2. The van der Waals surface area contributed by atoms with Crippen LogP contribution in [0.2, 0.25) is 5.02 Å². The van der Waals surface area contributed by atoms with Crippen molar-refractivity contribution in [1.82, 2.24) is 24.5 Å². The van der Waals surface area contributed by atoms with E-state index < -0.39 is 5.97 Å². The number of H-pyrrole nitrogens is 1. The van der Waals surface area contributed by atoms with Crippen molar-refractivity contribution in [2.75, 3.05) is 6.61 Å². The van der Waals surface area contributed by atoms with Crippen LogP contribution in [0.5, 0.6) is 5.75 Å². The quantitative estimate of drug-likeness (QED) is 0.184. The fourth-order valence-corrected chi connectivity index (χ4v) is 8.44. The van der Waals surface area contributed by atoms with Gasteiger partial charge in [0.15, 0.2) is 0 Å². The molecular weight excluding hydrogens is 626 g/mol. The Kier molecular flexibility index (Phi) is 8.05. The molecule has 1 aliphatic rings. The van der Waals surface area contributed by atoms with E-state index in [1.807, 2.05) is 50.0 Å². The number of hydrogen-bond donors (Lipinski definition) is 2. The van der Waals surface area contributed by atoms with E-state index >= 15 is 0 Å². The van der Waals surface area contributed by atoms with Crippen molar-refractivity contribution < 1.29 is 14.6 Å². The largest absolute Gasteiger partial charge is 0.493 e. The third kappa shape index (κ3) is 5.49. The molecule has 0 atom stereocenters. The first-order chi connectivity index (χ1) is 21.8. The van der Waals surface area contributed by atoms with E-state index in [9.17, 15) is 9.90 Å². The average molecular weight is 658 g/mol. The minimum Gasteiger partial charge on any atom is -0.493 e. The summed E-state index contributed by atoms with van der Waals surface area (Å²) in [5.74, 6) is 2.02. The van der Waals surface area contributed by atoms with Crippen LogP contribution in [0.25, 0.3) is 32.8 Å². The summed E-state index contributed by atoms with van der Waals surface area (Å²) in [5, 5.41) is 26.6. The van der Waals surface area contributed by atoms with Gasteiger partial charge in [-0.15, -0.1) is 23.5 Å². The molecule has 2 N–H and O–H groups in total. The van der Waals surface area contributed by atoms with Gasteiger partial charge in [-0.1, -0.05) is 41.9 Å². The van der Waals surface area contributed by atoms with Crippen LogP contribution in [-0.2, 0) is 37.8 Å². The number of carboxylic acids is 1. The lowest BCUT2D eigenvalue weighted by Crippen LogP contribution is -2.09. The second-order valence-electron chi connectivity index (χ2n) is 11.3. The van der Waals surface area contributed by atoms with Gasteiger partial charge in [-0.3, -0.25) is 9.78 Å². The summed E-state index contributed by atoms with van der Waals surface area (Å²) < 4.78 is 10.2. The van der Waals surface area contributed by atoms with Gasteiger partial charge in [0.25, 0.3) is 0 Å². The monoisotopic (exact) mass is 657 g/mol. The van der Waals surface area contributed by atoms with Crippen LogP contribution in [0.4, 0.5) is 0 Å². The lowest BCUT2D eigenvalue weighted by Gasteiger charge is -2.12. The lowest BCUT2D eigenvalue weighted by atomic mass is 9.98. The smallest absolute Gasteiger partial charge is 0.352 e. The Morgan fingerprint density at radius 2 is 1.89 bits per heavy atom. The predicted molar refractivity (Wildman–Crippen MR) is 183 cm³/mol. The SMILES string of the molecule is Cc1[nH]nc2c1-c1c(Cl)ccc3c(c(C(=O)O)n(C)c13)CCCOc1cc(cc3ccccc13)SCc1cc(nn1C)CSC2. The van der Waals surface area contributed by atoms with Crippen molar-refractivity contribution in [1.29, 1.82) is 0 Å². The number of nitrogens with one attached hydrogen (secondary N) is 1. The number of halogens is 1. The summed E-state index contributed by atoms with van der Waals surface area (Å²) in [6, 6.07) is 18.6. The van der Waals surface area contributed by atoms with Crippen LogP contribution < -0.4 is 4.74 Å². The number of aromatic carboxylic acids is 1. The Morgan fingerprint density at radius 3 is 2.73 bits per heavy atom. The number of aromatic nitrogens is 5. The highest BCUT2D eigenvalue weighted by Crippen LogP contribution is 2.42. The van der Waals surface area contributed by atoms with E-state index in [-0.39, 0.29) is 5.69 Å². The predicted octanol–water partition coefficient (Wildman–Crippen LogP) is 8.17. The molecule has 3 aromatic heterocycles. The van der Waals surface area contributed by atoms with Crippen molar-refractivity contribution in [2.45, 2.75) is 41.9 Å². The second-order valence-corrected chi connectivity index (χ2v) is 13.7. The highest BCUT2D eigenvalue weighted by atomic mass is 35.5. The molecule has 0 fully saturated rings. The zero-order valence-electron chi connectivity index (χ0n) is 25.2. The number of carbonyl (C=O) groups is 1. The summed E-state index contributed by atoms with van der Waals surface area (Å²) in [6.45, 7) is 2.43. The summed E-state index contributed by atoms with van der Waals surface area (Å²) in [4.78, 5) is 13.8. The summed E-state index contributed by atoms with van der Waals surface area (Å²) in [7, 11) is 3.80. The van der Waals surface area contributed by atoms with Gasteiger partial charge in [0.05, 0.1) is 28.5 Å². The van der Waals surface area contributed by atoms with Crippen molar-refractivity contribution >= 4 is 62.8 Å². The normalized spacial score (nSPS) is 14.3. The van der Waals surface area contributed by atoms with Crippen LogP contribution >= 0.6 is 35.1 Å².